The van der Waals surface area contributed by atoms with Crippen molar-refractivity contribution >= 4 is 17.7 Å². The molecule has 0 aliphatic heterocycles. The first kappa shape index (κ1) is 19.2. The molecule has 0 N–H and O–H groups in total. The summed E-state index contributed by atoms with van der Waals surface area (Å²) in [7, 11) is 0. The van der Waals surface area contributed by atoms with Crippen molar-refractivity contribution < 1.29 is 9.53 Å². The lowest BCUT2D eigenvalue weighted by Crippen LogP contribution is -2.13. The van der Waals surface area contributed by atoms with Crippen molar-refractivity contribution in [3.05, 3.63) is 59.7 Å². The van der Waals surface area contributed by atoms with Crippen molar-refractivity contribution in [1.29, 1.82) is 0 Å². The average molecular weight is 382 g/mol. The van der Waals surface area contributed by atoms with Gasteiger partial charge in [0.25, 0.3) is 0 Å². The number of hydrogen-bond donors (Lipinski definition) is 0. The molecule has 0 unspecified atom stereocenters. The molecular weight excluding hydrogens is 358 g/mol. The number of rotatable bonds is 6. The van der Waals surface area contributed by atoms with Crippen LogP contribution in [0.1, 0.15) is 25.0 Å². The van der Waals surface area contributed by atoms with Crippen LogP contribution in [0.25, 0.3) is 17.1 Å². The fourth-order valence-electron chi connectivity index (χ4n) is 2.60. The highest BCUT2D eigenvalue weighted by atomic mass is 32.2. The molecule has 140 valence electrons. The van der Waals surface area contributed by atoms with Gasteiger partial charge in [0.1, 0.15) is 0 Å². The third-order valence-electron chi connectivity index (χ3n) is 3.92. The molecule has 0 aliphatic rings. The zero-order valence-electron chi connectivity index (χ0n) is 16.0. The molecule has 1 heterocycles. The molecule has 0 saturated carbocycles. The SMILES string of the molecule is Cc1ccc(-c2nnc(SCC(=O)OC(C)C)n2-c2ccc(C)cc2)cc1. The zero-order valence-corrected chi connectivity index (χ0v) is 16.8. The van der Waals surface area contributed by atoms with Crippen LogP contribution in [0, 0.1) is 13.8 Å². The molecule has 0 fully saturated rings. The number of carbonyl (C=O) groups is 1. The summed E-state index contributed by atoms with van der Waals surface area (Å²) in [5.41, 5.74) is 4.30. The van der Waals surface area contributed by atoms with Crippen LogP contribution in [0.15, 0.2) is 53.7 Å². The van der Waals surface area contributed by atoms with Gasteiger partial charge in [-0.25, -0.2) is 0 Å². The van der Waals surface area contributed by atoms with Gasteiger partial charge in [0.2, 0.25) is 0 Å². The molecule has 0 spiro atoms. The lowest BCUT2D eigenvalue weighted by atomic mass is 10.1. The van der Waals surface area contributed by atoms with E-state index in [2.05, 4.69) is 48.3 Å². The smallest absolute Gasteiger partial charge is 0.316 e. The molecule has 5 nitrogen and oxygen atoms in total. The third kappa shape index (κ3) is 4.77. The van der Waals surface area contributed by atoms with Crippen LogP contribution in [0.3, 0.4) is 0 Å². The lowest BCUT2D eigenvalue weighted by Gasteiger charge is -2.11. The van der Waals surface area contributed by atoms with Crippen LogP contribution in [-0.2, 0) is 9.53 Å². The summed E-state index contributed by atoms with van der Waals surface area (Å²) in [5, 5.41) is 9.39. The van der Waals surface area contributed by atoms with Gasteiger partial charge in [0.15, 0.2) is 11.0 Å². The number of thioether (sulfide) groups is 1. The Morgan fingerprint density at radius 3 is 2.19 bits per heavy atom. The van der Waals surface area contributed by atoms with E-state index in [1.807, 2.05) is 42.7 Å². The predicted octanol–water partition coefficient (Wildman–Crippen LogP) is 4.59. The maximum atomic E-state index is 11.9. The number of carbonyl (C=O) groups excluding carboxylic acids is 1. The van der Waals surface area contributed by atoms with Gasteiger partial charge in [-0.1, -0.05) is 59.3 Å². The molecule has 0 radical (unpaired) electrons. The molecule has 3 rings (SSSR count). The Kier molecular flexibility index (Phi) is 5.96. The van der Waals surface area contributed by atoms with E-state index < -0.39 is 0 Å². The minimum absolute atomic E-state index is 0.129. The first-order valence-corrected chi connectivity index (χ1v) is 9.84. The molecule has 0 saturated heterocycles. The first-order chi connectivity index (χ1) is 12.9. The van der Waals surface area contributed by atoms with Crippen LogP contribution < -0.4 is 0 Å². The molecule has 0 atom stereocenters. The van der Waals surface area contributed by atoms with E-state index in [9.17, 15) is 4.79 Å². The highest BCUT2D eigenvalue weighted by molar-refractivity contribution is 7.99. The maximum Gasteiger partial charge on any atom is 0.316 e. The fraction of sp³-hybridized carbons (Fsp3) is 0.286. The van der Waals surface area contributed by atoms with Crippen molar-refractivity contribution in [2.45, 2.75) is 39.0 Å². The Morgan fingerprint density at radius 2 is 1.59 bits per heavy atom. The minimum atomic E-state index is -0.259. The fourth-order valence-corrected chi connectivity index (χ4v) is 3.33. The Bertz CT molecular complexity index is 916. The molecule has 0 bridgehead atoms. The Morgan fingerprint density at radius 1 is 1.00 bits per heavy atom. The van der Waals surface area contributed by atoms with Gasteiger partial charge in [-0.05, 0) is 39.8 Å². The third-order valence-corrected chi connectivity index (χ3v) is 4.82. The summed E-state index contributed by atoms with van der Waals surface area (Å²) in [5.74, 6) is 0.680. The second kappa shape index (κ2) is 8.39. The van der Waals surface area contributed by atoms with E-state index in [4.69, 9.17) is 4.74 Å². The summed E-state index contributed by atoms with van der Waals surface area (Å²) >= 11 is 1.33. The van der Waals surface area contributed by atoms with Gasteiger partial charge in [-0.15, -0.1) is 10.2 Å². The van der Waals surface area contributed by atoms with Gasteiger partial charge in [0, 0.05) is 11.3 Å². The van der Waals surface area contributed by atoms with E-state index in [0.717, 1.165) is 17.1 Å². The maximum absolute atomic E-state index is 11.9. The number of aryl methyl sites for hydroxylation is 2. The second-order valence-electron chi connectivity index (χ2n) is 6.67. The Hall–Kier alpha value is -2.60. The minimum Gasteiger partial charge on any atom is -0.462 e. The molecule has 3 aromatic rings. The van der Waals surface area contributed by atoms with Gasteiger partial charge in [-0.2, -0.15) is 0 Å². The number of esters is 1. The molecule has 1 aromatic heterocycles. The van der Waals surface area contributed by atoms with Crippen molar-refractivity contribution in [3.63, 3.8) is 0 Å². The van der Waals surface area contributed by atoms with E-state index in [1.54, 1.807) is 0 Å². The van der Waals surface area contributed by atoms with Gasteiger partial charge < -0.3 is 4.74 Å². The van der Waals surface area contributed by atoms with Crippen LogP contribution >= 0.6 is 11.8 Å². The average Bonchev–Trinajstić information content (AvgIpc) is 3.04. The van der Waals surface area contributed by atoms with Crippen molar-refractivity contribution in [3.8, 4) is 17.1 Å². The quantitative estimate of drug-likeness (QED) is 0.461. The molecular formula is C21H23N3O2S. The van der Waals surface area contributed by atoms with Crippen LogP contribution in [0.4, 0.5) is 0 Å². The number of benzene rings is 2. The van der Waals surface area contributed by atoms with Crippen molar-refractivity contribution in [2.75, 3.05) is 5.75 Å². The van der Waals surface area contributed by atoms with Crippen LogP contribution in [0.2, 0.25) is 0 Å². The summed E-state index contributed by atoms with van der Waals surface area (Å²) in [6.07, 6.45) is -0.129. The van der Waals surface area contributed by atoms with Gasteiger partial charge in [-0.3, -0.25) is 9.36 Å². The molecule has 27 heavy (non-hydrogen) atoms. The predicted molar refractivity (Wildman–Crippen MR) is 108 cm³/mol. The molecule has 2 aromatic carbocycles. The standard InChI is InChI=1S/C21H23N3O2S/c1-14(2)26-19(25)13-27-21-23-22-20(17-9-5-15(3)6-10-17)24(21)18-11-7-16(4)8-12-18/h5-12,14H,13H2,1-4H3. The number of nitrogens with zero attached hydrogens (tertiary/aromatic N) is 3. The molecule has 0 amide bonds. The van der Waals surface area contributed by atoms with E-state index in [-0.39, 0.29) is 17.8 Å². The summed E-state index contributed by atoms with van der Waals surface area (Å²) in [6.45, 7) is 7.78. The molecule has 6 heteroatoms. The second-order valence-corrected chi connectivity index (χ2v) is 7.61. The number of aromatic nitrogens is 3. The summed E-state index contributed by atoms with van der Waals surface area (Å²) < 4.78 is 7.20. The first-order valence-electron chi connectivity index (χ1n) is 8.86. The highest BCUT2D eigenvalue weighted by Crippen LogP contribution is 2.28. The summed E-state index contributed by atoms with van der Waals surface area (Å²) in [6, 6.07) is 16.3. The zero-order chi connectivity index (χ0) is 19.4. The van der Waals surface area contributed by atoms with E-state index >= 15 is 0 Å². The topological polar surface area (TPSA) is 57.0 Å². The van der Waals surface area contributed by atoms with Gasteiger partial charge >= 0.3 is 5.97 Å². The van der Waals surface area contributed by atoms with Crippen LogP contribution in [0.5, 0.6) is 0 Å². The van der Waals surface area contributed by atoms with Crippen molar-refractivity contribution in [2.24, 2.45) is 0 Å². The van der Waals surface area contributed by atoms with Crippen LogP contribution in [-0.4, -0.2) is 32.6 Å². The molecule has 0 aliphatic carbocycles. The van der Waals surface area contributed by atoms with E-state index in [0.29, 0.717) is 5.16 Å². The number of ether oxygens (including phenoxy) is 1. The normalized spacial score (nSPS) is 11.0. The number of hydrogen-bond acceptors (Lipinski definition) is 5. The summed E-state index contributed by atoms with van der Waals surface area (Å²) in [4.78, 5) is 11.9. The van der Waals surface area contributed by atoms with Gasteiger partial charge in [0.05, 0.1) is 11.9 Å². The highest BCUT2D eigenvalue weighted by Gasteiger charge is 2.18. The largest absolute Gasteiger partial charge is 0.462 e. The van der Waals surface area contributed by atoms with E-state index in [1.165, 1.54) is 22.9 Å². The van der Waals surface area contributed by atoms with Crippen molar-refractivity contribution in [1.82, 2.24) is 14.8 Å². The Labute approximate surface area is 163 Å². The Balaban J connectivity index is 1.97. The monoisotopic (exact) mass is 381 g/mol. The lowest BCUT2D eigenvalue weighted by molar-refractivity contribution is -0.144.